The van der Waals surface area contributed by atoms with Crippen molar-refractivity contribution >= 4 is 65.2 Å². The molecule has 2 aromatic heterocycles. The van der Waals surface area contributed by atoms with Gasteiger partial charge in [-0.15, -0.1) is 0 Å². The van der Waals surface area contributed by atoms with Crippen molar-refractivity contribution in [2.24, 2.45) is 0 Å². The van der Waals surface area contributed by atoms with Gasteiger partial charge in [0.2, 0.25) is 0 Å². The van der Waals surface area contributed by atoms with Gasteiger partial charge in [0.25, 0.3) is 0 Å². The van der Waals surface area contributed by atoms with Crippen molar-refractivity contribution in [3.63, 3.8) is 0 Å². The van der Waals surface area contributed by atoms with Gasteiger partial charge in [0, 0.05) is 38.2 Å². The molecule has 0 spiro atoms. The van der Waals surface area contributed by atoms with Crippen molar-refractivity contribution in [3.8, 4) is 69.0 Å². The lowest BCUT2D eigenvalue weighted by atomic mass is 9.83. The molecule has 0 unspecified atom stereocenters. The van der Waals surface area contributed by atoms with E-state index in [1.54, 1.807) is 24.3 Å². The van der Waals surface area contributed by atoms with Crippen LogP contribution in [0, 0.1) is 45.3 Å². The molecule has 0 fully saturated rings. The molecule has 0 saturated heterocycles. The number of hydrogen-bond acceptors (Lipinski definition) is 4. The Morgan fingerprint density at radius 1 is 0.288 bits per heavy atom. The number of nitriles is 4. The third-order valence-corrected chi connectivity index (χ3v) is 13.0. The highest BCUT2D eigenvalue weighted by Crippen LogP contribution is 2.53. The van der Waals surface area contributed by atoms with E-state index in [1.165, 1.54) is 0 Å². The van der Waals surface area contributed by atoms with E-state index in [1.807, 2.05) is 48.5 Å². The van der Waals surface area contributed by atoms with Crippen LogP contribution in [-0.2, 0) is 0 Å². The fourth-order valence-corrected chi connectivity index (χ4v) is 10.2. The molecule has 10 aromatic carbocycles. The molecular weight excluding hydrogens is 805 g/mol. The second kappa shape index (κ2) is 15.0. The molecule has 0 amide bonds. The molecule has 12 rings (SSSR count). The minimum Gasteiger partial charge on any atom is -0.308 e. The monoisotopic (exact) mass is 836 g/mol. The van der Waals surface area contributed by atoms with Crippen LogP contribution in [0.4, 0.5) is 0 Å². The molecule has 0 aliphatic rings. The zero-order valence-corrected chi connectivity index (χ0v) is 35.2. The van der Waals surface area contributed by atoms with Gasteiger partial charge in [-0.2, -0.15) is 21.0 Å². The first-order chi connectivity index (χ1) is 32.6. The number of para-hydroxylation sites is 2. The normalized spacial score (nSPS) is 11.3. The summed E-state index contributed by atoms with van der Waals surface area (Å²) in [5, 5.41) is 50.9. The van der Waals surface area contributed by atoms with Crippen LogP contribution in [0.15, 0.2) is 194 Å². The summed E-state index contributed by atoms with van der Waals surface area (Å²) in [6.45, 7) is 0. The van der Waals surface area contributed by atoms with Gasteiger partial charge in [-0.05, 0) is 98.9 Å². The predicted octanol–water partition coefficient (Wildman–Crippen LogP) is 14.7. The predicted molar refractivity (Wildman–Crippen MR) is 265 cm³/mol. The maximum Gasteiger partial charge on any atom is 0.101 e. The molecule has 0 saturated carbocycles. The van der Waals surface area contributed by atoms with E-state index in [9.17, 15) is 21.0 Å². The second-order valence-electron chi connectivity index (χ2n) is 16.4. The van der Waals surface area contributed by atoms with Crippen LogP contribution in [-0.4, -0.2) is 9.13 Å². The first-order valence-electron chi connectivity index (χ1n) is 21.6. The number of rotatable bonds is 5. The highest BCUT2D eigenvalue weighted by Gasteiger charge is 2.32. The van der Waals surface area contributed by atoms with Gasteiger partial charge in [-0.3, -0.25) is 0 Å². The van der Waals surface area contributed by atoms with Gasteiger partial charge in [0.05, 0.1) is 73.9 Å². The van der Waals surface area contributed by atoms with Gasteiger partial charge < -0.3 is 9.13 Å². The van der Waals surface area contributed by atoms with Crippen LogP contribution in [0.5, 0.6) is 0 Å². The summed E-state index contributed by atoms with van der Waals surface area (Å²) in [6, 6.07) is 74.7. The molecule has 12 aromatic rings. The fourth-order valence-electron chi connectivity index (χ4n) is 10.2. The lowest BCUT2D eigenvalue weighted by Crippen LogP contribution is -2.11. The zero-order valence-electron chi connectivity index (χ0n) is 35.2. The highest BCUT2D eigenvalue weighted by molar-refractivity contribution is 6.24. The van der Waals surface area contributed by atoms with Crippen molar-refractivity contribution < 1.29 is 0 Å². The number of hydrogen-bond donors (Lipinski definition) is 0. The fraction of sp³-hybridized carbons (Fsp3) is 0. The van der Waals surface area contributed by atoms with Crippen molar-refractivity contribution in [3.05, 3.63) is 216 Å². The van der Waals surface area contributed by atoms with Crippen LogP contribution < -0.4 is 0 Å². The van der Waals surface area contributed by atoms with E-state index in [4.69, 9.17) is 0 Å². The minimum absolute atomic E-state index is 0.422. The Kier molecular flexibility index (Phi) is 8.62. The van der Waals surface area contributed by atoms with Crippen molar-refractivity contribution in [1.82, 2.24) is 9.13 Å². The van der Waals surface area contributed by atoms with Gasteiger partial charge in [-0.1, -0.05) is 133 Å². The molecule has 2 heterocycles. The maximum absolute atomic E-state index is 12.0. The van der Waals surface area contributed by atoms with Crippen LogP contribution in [0.2, 0.25) is 0 Å². The lowest BCUT2D eigenvalue weighted by molar-refractivity contribution is 1.14. The molecule has 6 heteroatoms. The smallest absolute Gasteiger partial charge is 0.101 e. The Morgan fingerprint density at radius 2 is 0.636 bits per heavy atom. The van der Waals surface area contributed by atoms with E-state index in [2.05, 4.69) is 155 Å². The zero-order chi connectivity index (χ0) is 44.5. The Labute approximate surface area is 379 Å². The number of nitrogens with zero attached hydrogens (tertiary/aromatic N) is 6. The van der Waals surface area contributed by atoms with Crippen LogP contribution >= 0.6 is 0 Å². The van der Waals surface area contributed by atoms with Crippen molar-refractivity contribution in [2.75, 3.05) is 0 Å². The summed E-state index contributed by atoms with van der Waals surface area (Å²) in [4.78, 5) is 0. The molecular formula is C60H32N6. The summed E-state index contributed by atoms with van der Waals surface area (Å²) in [6.07, 6.45) is 0. The molecule has 302 valence electrons. The van der Waals surface area contributed by atoms with Gasteiger partial charge in [0.1, 0.15) is 6.07 Å². The van der Waals surface area contributed by atoms with Crippen LogP contribution in [0.25, 0.3) is 110 Å². The quantitative estimate of drug-likeness (QED) is 0.172. The molecule has 66 heavy (non-hydrogen) atoms. The van der Waals surface area contributed by atoms with Crippen molar-refractivity contribution in [1.29, 1.82) is 21.0 Å². The maximum atomic E-state index is 12.0. The first-order valence-corrected chi connectivity index (χ1v) is 21.6. The van der Waals surface area contributed by atoms with Crippen molar-refractivity contribution in [2.45, 2.75) is 0 Å². The molecule has 0 aliphatic heterocycles. The molecule has 0 bridgehead atoms. The van der Waals surface area contributed by atoms with Crippen LogP contribution in [0.3, 0.4) is 0 Å². The van der Waals surface area contributed by atoms with E-state index < -0.39 is 0 Å². The standard InChI is InChI=1S/C60H32N6/c61-33-37-17-23-42(24-18-37)54-49(36-64)55(43-25-19-38(34-62)20-26-43)60(66-51-16-8-6-14-48(51)58-46-12-4-2-10-41(46)30-32-53(58)66)56(44-27-21-39(35-63)22-28-44)59(54)65-50-15-7-5-13-47(50)57-45-11-3-1-9-40(45)29-31-52(57)65/h1-32H. The summed E-state index contributed by atoms with van der Waals surface area (Å²) < 4.78 is 4.63. The number of aromatic nitrogens is 2. The molecule has 0 aliphatic carbocycles. The van der Waals surface area contributed by atoms with E-state index >= 15 is 0 Å². The highest BCUT2D eigenvalue weighted by atomic mass is 15.0. The average Bonchev–Trinajstić information content (AvgIpc) is 3.91. The summed E-state index contributed by atoms with van der Waals surface area (Å²) in [5.41, 5.74) is 11.7. The van der Waals surface area contributed by atoms with E-state index in [0.29, 0.717) is 33.4 Å². The molecule has 6 nitrogen and oxygen atoms in total. The van der Waals surface area contributed by atoms with E-state index in [0.717, 1.165) is 98.8 Å². The molecule has 0 N–H and O–H groups in total. The van der Waals surface area contributed by atoms with E-state index in [-0.39, 0.29) is 0 Å². The Hall–Kier alpha value is -9.72. The Balaban J connectivity index is 1.41. The Bertz CT molecular complexity index is 3940. The largest absolute Gasteiger partial charge is 0.308 e. The number of benzene rings is 10. The van der Waals surface area contributed by atoms with Gasteiger partial charge in [-0.25, -0.2) is 0 Å². The second-order valence-corrected chi connectivity index (χ2v) is 16.4. The molecule has 0 atom stereocenters. The number of fused-ring (bicyclic) bond motifs is 10. The first kappa shape index (κ1) is 38.0. The summed E-state index contributed by atoms with van der Waals surface area (Å²) in [7, 11) is 0. The molecule has 0 radical (unpaired) electrons. The van der Waals surface area contributed by atoms with Gasteiger partial charge in [0.15, 0.2) is 0 Å². The summed E-state index contributed by atoms with van der Waals surface area (Å²) >= 11 is 0. The SMILES string of the molecule is N#Cc1ccc(-c2c(C#N)c(-c3ccc(C#N)cc3)c(-n3c4ccccc4c4c5ccccc5ccc43)c(-c3ccc(C#N)cc3)c2-n2c3ccccc3c3c4ccccc4ccc32)cc1. The average molecular weight is 837 g/mol. The topological polar surface area (TPSA) is 105 Å². The Morgan fingerprint density at radius 3 is 1.02 bits per heavy atom. The minimum atomic E-state index is 0.422. The lowest BCUT2D eigenvalue weighted by Gasteiger charge is -2.28. The third-order valence-electron chi connectivity index (χ3n) is 13.0. The summed E-state index contributed by atoms with van der Waals surface area (Å²) in [5.74, 6) is 0. The third kappa shape index (κ3) is 5.57. The van der Waals surface area contributed by atoms with Crippen LogP contribution in [0.1, 0.15) is 22.3 Å². The van der Waals surface area contributed by atoms with Gasteiger partial charge >= 0.3 is 0 Å².